The lowest BCUT2D eigenvalue weighted by atomic mass is 10.0. The first kappa shape index (κ1) is 14.8. The molecule has 2 N–H and O–H groups in total. The Labute approximate surface area is 119 Å². The molecular weight excluding hydrogens is 256 g/mol. The van der Waals surface area contributed by atoms with Crippen LogP contribution in [0, 0.1) is 5.92 Å². The molecule has 0 saturated carbocycles. The molecular formula is C14H24N4O2. The van der Waals surface area contributed by atoms with Gasteiger partial charge in [0, 0.05) is 25.0 Å². The molecule has 1 amide bonds. The number of nitrogens with one attached hydrogen (secondary N) is 1. The Morgan fingerprint density at radius 1 is 1.60 bits per heavy atom. The molecule has 6 heteroatoms. The first-order valence-corrected chi connectivity index (χ1v) is 7.19. The standard InChI is InChI=1S/C14H24N4O2/c1-10(2)12(16-14(19)20)13-15-6-8-18(13)9-11-5-4-7-17(11)3/h6,8,10-12,16H,4-5,7,9H2,1-3H3,(H,19,20)/t11-,12?/m1/s1. The van der Waals surface area contributed by atoms with E-state index >= 15 is 0 Å². The van der Waals surface area contributed by atoms with E-state index in [0.29, 0.717) is 6.04 Å². The molecule has 2 rings (SSSR count). The second-order valence-corrected chi connectivity index (χ2v) is 5.89. The summed E-state index contributed by atoms with van der Waals surface area (Å²) in [5.74, 6) is 0.969. The van der Waals surface area contributed by atoms with E-state index in [1.165, 1.54) is 12.8 Å². The van der Waals surface area contributed by atoms with Gasteiger partial charge in [-0.15, -0.1) is 0 Å². The summed E-state index contributed by atoms with van der Waals surface area (Å²) in [5, 5.41) is 11.6. The maximum Gasteiger partial charge on any atom is 0.405 e. The SMILES string of the molecule is CC(C)C(NC(=O)O)c1nccn1C[C@H]1CCCN1C. The first-order chi connectivity index (χ1) is 9.49. The van der Waals surface area contributed by atoms with Crippen molar-refractivity contribution in [2.24, 2.45) is 5.92 Å². The molecule has 1 aliphatic rings. The number of hydrogen-bond donors (Lipinski definition) is 2. The second kappa shape index (κ2) is 6.26. The molecule has 0 aliphatic carbocycles. The zero-order valence-corrected chi connectivity index (χ0v) is 12.4. The molecule has 0 bridgehead atoms. The third-order valence-corrected chi connectivity index (χ3v) is 4.05. The van der Waals surface area contributed by atoms with Crippen LogP contribution >= 0.6 is 0 Å². The van der Waals surface area contributed by atoms with Gasteiger partial charge in [0.05, 0.1) is 6.04 Å². The highest BCUT2D eigenvalue weighted by atomic mass is 16.4. The number of rotatable bonds is 5. The number of likely N-dealkylation sites (tertiary alicyclic amines) is 1. The van der Waals surface area contributed by atoms with Crippen molar-refractivity contribution in [3.63, 3.8) is 0 Å². The Kier molecular flexibility index (Phi) is 4.65. The number of nitrogens with zero attached hydrogens (tertiary/aromatic N) is 3. The minimum atomic E-state index is -1.00. The van der Waals surface area contributed by atoms with Crippen LogP contribution in [0.2, 0.25) is 0 Å². The average molecular weight is 280 g/mol. The Morgan fingerprint density at radius 2 is 2.35 bits per heavy atom. The summed E-state index contributed by atoms with van der Waals surface area (Å²) in [5.41, 5.74) is 0. The van der Waals surface area contributed by atoms with Crippen LogP contribution in [0.1, 0.15) is 38.6 Å². The van der Waals surface area contributed by atoms with E-state index < -0.39 is 6.09 Å². The zero-order chi connectivity index (χ0) is 14.7. The van der Waals surface area contributed by atoms with Crippen LogP contribution in [0.25, 0.3) is 0 Å². The largest absolute Gasteiger partial charge is 0.465 e. The smallest absolute Gasteiger partial charge is 0.405 e. The Morgan fingerprint density at radius 3 is 2.90 bits per heavy atom. The maximum absolute atomic E-state index is 11.0. The molecule has 112 valence electrons. The first-order valence-electron chi connectivity index (χ1n) is 7.19. The normalized spacial score (nSPS) is 21.3. The molecule has 1 saturated heterocycles. The highest BCUT2D eigenvalue weighted by molar-refractivity contribution is 5.65. The van der Waals surface area contributed by atoms with E-state index in [-0.39, 0.29) is 12.0 Å². The van der Waals surface area contributed by atoms with E-state index in [4.69, 9.17) is 5.11 Å². The monoisotopic (exact) mass is 280 g/mol. The third kappa shape index (κ3) is 3.30. The summed E-state index contributed by atoms with van der Waals surface area (Å²) in [7, 11) is 2.14. The number of carboxylic acid groups (broad SMARTS) is 1. The Hall–Kier alpha value is -1.56. The van der Waals surface area contributed by atoms with E-state index in [9.17, 15) is 4.79 Å². The summed E-state index contributed by atoms with van der Waals surface area (Å²) in [6.45, 7) is 6.01. The summed E-state index contributed by atoms with van der Waals surface area (Å²) >= 11 is 0. The van der Waals surface area contributed by atoms with Crippen molar-refractivity contribution in [3.05, 3.63) is 18.2 Å². The van der Waals surface area contributed by atoms with Crippen molar-refractivity contribution in [2.45, 2.75) is 45.3 Å². The molecule has 1 aromatic heterocycles. The fourth-order valence-electron chi connectivity index (χ4n) is 2.85. The van der Waals surface area contributed by atoms with Gasteiger partial charge in [-0.3, -0.25) is 0 Å². The van der Waals surface area contributed by atoms with Crippen LogP contribution in [-0.2, 0) is 6.54 Å². The maximum atomic E-state index is 11.0. The molecule has 2 heterocycles. The molecule has 1 unspecified atom stereocenters. The van der Waals surface area contributed by atoms with Crippen LogP contribution in [0.4, 0.5) is 4.79 Å². The van der Waals surface area contributed by atoms with Gasteiger partial charge in [-0.05, 0) is 32.4 Å². The van der Waals surface area contributed by atoms with Gasteiger partial charge >= 0.3 is 6.09 Å². The van der Waals surface area contributed by atoms with E-state index in [1.54, 1.807) is 6.20 Å². The van der Waals surface area contributed by atoms with Crippen LogP contribution in [0.15, 0.2) is 12.4 Å². The van der Waals surface area contributed by atoms with Gasteiger partial charge in [-0.1, -0.05) is 13.8 Å². The zero-order valence-electron chi connectivity index (χ0n) is 12.4. The summed E-state index contributed by atoms with van der Waals surface area (Å²) in [4.78, 5) is 17.7. The highest BCUT2D eigenvalue weighted by Crippen LogP contribution is 2.23. The Balaban J connectivity index is 2.15. The quantitative estimate of drug-likeness (QED) is 0.864. The van der Waals surface area contributed by atoms with Crippen LogP contribution in [0.5, 0.6) is 0 Å². The lowest BCUT2D eigenvalue weighted by molar-refractivity contribution is 0.184. The fraction of sp³-hybridized carbons (Fsp3) is 0.714. The van der Waals surface area contributed by atoms with Gasteiger partial charge in [0.2, 0.25) is 0 Å². The number of carbonyl (C=O) groups is 1. The number of amides is 1. The number of likely N-dealkylation sites (N-methyl/N-ethyl adjacent to an activating group) is 1. The minimum Gasteiger partial charge on any atom is -0.465 e. The number of imidazole rings is 1. The molecule has 2 atom stereocenters. The van der Waals surface area contributed by atoms with Gasteiger partial charge < -0.3 is 19.9 Å². The van der Waals surface area contributed by atoms with Crippen molar-refractivity contribution in [2.75, 3.05) is 13.6 Å². The van der Waals surface area contributed by atoms with E-state index in [0.717, 1.165) is 18.9 Å². The molecule has 1 aromatic rings. The van der Waals surface area contributed by atoms with Gasteiger partial charge in [-0.2, -0.15) is 0 Å². The number of hydrogen-bond acceptors (Lipinski definition) is 3. The van der Waals surface area contributed by atoms with Gasteiger partial charge in [0.25, 0.3) is 0 Å². The van der Waals surface area contributed by atoms with Crippen LogP contribution in [0.3, 0.4) is 0 Å². The molecule has 0 spiro atoms. The van der Waals surface area contributed by atoms with Crippen molar-refractivity contribution in [1.82, 2.24) is 19.8 Å². The Bertz CT molecular complexity index is 458. The van der Waals surface area contributed by atoms with Crippen LogP contribution in [-0.4, -0.2) is 45.3 Å². The third-order valence-electron chi connectivity index (χ3n) is 4.05. The fourth-order valence-corrected chi connectivity index (χ4v) is 2.85. The predicted octanol–water partition coefficient (Wildman–Crippen LogP) is 1.94. The number of aromatic nitrogens is 2. The van der Waals surface area contributed by atoms with E-state index in [2.05, 4.69) is 26.8 Å². The summed E-state index contributed by atoms with van der Waals surface area (Å²) < 4.78 is 2.09. The highest BCUT2D eigenvalue weighted by Gasteiger charge is 2.26. The molecule has 6 nitrogen and oxygen atoms in total. The van der Waals surface area contributed by atoms with Gasteiger partial charge in [-0.25, -0.2) is 9.78 Å². The molecule has 20 heavy (non-hydrogen) atoms. The van der Waals surface area contributed by atoms with Crippen LogP contribution < -0.4 is 5.32 Å². The van der Waals surface area contributed by atoms with Gasteiger partial charge in [0.15, 0.2) is 0 Å². The van der Waals surface area contributed by atoms with Crippen molar-refractivity contribution < 1.29 is 9.90 Å². The summed E-state index contributed by atoms with van der Waals surface area (Å²) in [6.07, 6.45) is 5.11. The molecule has 1 fully saturated rings. The lowest BCUT2D eigenvalue weighted by Crippen LogP contribution is -2.35. The predicted molar refractivity (Wildman–Crippen MR) is 76.6 cm³/mol. The topological polar surface area (TPSA) is 70.4 Å². The van der Waals surface area contributed by atoms with Crippen molar-refractivity contribution in [1.29, 1.82) is 0 Å². The van der Waals surface area contributed by atoms with E-state index in [1.807, 2.05) is 20.0 Å². The molecule has 0 radical (unpaired) electrons. The summed E-state index contributed by atoms with van der Waals surface area (Å²) in [6, 6.07) is 0.245. The molecule has 0 aromatic carbocycles. The average Bonchev–Trinajstić information content (AvgIpc) is 2.97. The minimum absolute atomic E-state index is 0.161. The molecule has 1 aliphatic heterocycles. The van der Waals surface area contributed by atoms with Gasteiger partial charge in [0.1, 0.15) is 5.82 Å². The second-order valence-electron chi connectivity index (χ2n) is 5.89. The van der Waals surface area contributed by atoms with Crippen molar-refractivity contribution in [3.8, 4) is 0 Å². The van der Waals surface area contributed by atoms with Crippen molar-refractivity contribution >= 4 is 6.09 Å². The lowest BCUT2D eigenvalue weighted by Gasteiger charge is -2.25.